The van der Waals surface area contributed by atoms with Crippen LogP contribution in [0.15, 0.2) is 57.1 Å². The van der Waals surface area contributed by atoms with Gasteiger partial charge in [-0.1, -0.05) is 30.8 Å². The van der Waals surface area contributed by atoms with Crippen LogP contribution in [0.4, 0.5) is 5.69 Å². The number of nitrogens with zero attached hydrogens (tertiary/aromatic N) is 3. The van der Waals surface area contributed by atoms with E-state index in [4.69, 9.17) is 14.1 Å². The van der Waals surface area contributed by atoms with Gasteiger partial charge < -0.3 is 19.8 Å². The Morgan fingerprint density at radius 1 is 1.22 bits per heavy atom. The van der Waals surface area contributed by atoms with Crippen molar-refractivity contribution in [1.29, 1.82) is 0 Å². The summed E-state index contributed by atoms with van der Waals surface area (Å²) in [5.41, 5.74) is 1.38. The van der Waals surface area contributed by atoms with E-state index in [1.807, 2.05) is 31.2 Å². The molecular formula is C25H29N5O5S. The quantitative estimate of drug-likeness (QED) is 0.447. The molecule has 1 aromatic carbocycles. The van der Waals surface area contributed by atoms with Crippen molar-refractivity contribution in [1.82, 2.24) is 15.5 Å². The average Bonchev–Trinajstić information content (AvgIpc) is 3.52. The molecule has 3 heterocycles. The predicted molar refractivity (Wildman–Crippen MR) is 137 cm³/mol. The summed E-state index contributed by atoms with van der Waals surface area (Å²) >= 11 is 1.23. The highest BCUT2D eigenvalue weighted by Gasteiger charge is 2.43. The van der Waals surface area contributed by atoms with Crippen LogP contribution in [0.1, 0.15) is 37.5 Å². The molecule has 10 nitrogen and oxygen atoms in total. The molecule has 36 heavy (non-hydrogen) atoms. The van der Waals surface area contributed by atoms with Crippen LogP contribution in [-0.2, 0) is 25.7 Å². The van der Waals surface area contributed by atoms with Crippen molar-refractivity contribution in [3.05, 3.63) is 54.0 Å². The van der Waals surface area contributed by atoms with Crippen LogP contribution in [-0.4, -0.2) is 65.2 Å². The molecule has 0 aliphatic carbocycles. The lowest BCUT2D eigenvalue weighted by Gasteiger charge is -2.27. The fourth-order valence-electron chi connectivity index (χ4n) is 3.85. The Labute approximate surface area is 213 Å². The normalized spacial score (nSPS) is 17.1. The van der Waals surface area contributed by atoms with Gasteiger partial charge in [-0.2, -0.15) is 0 Å². The maximum Gasteiger partial charge on any atom is 0.259 e. The van der Waals surface area contributed by atoms with Gasteiger partial charge in [0.2, 0.25) is 11.8 Å². The van der Waals surface area contributed by atoms with Crippen LogP contribution in [0.2, 0.25) is 0 Å². The lowest BCUT2D eigenvalue weighted by molar-refractivity contribution is -0.128. The van der Waals surface area contributed by atoms with E-state index in [2.05, 4.69) is 15.6 Å². The minimum Gasteiger partial charge on any atom is -0.467 e. The van der Waals surface area contributed by atoms with Gasteiger partial charge in [-0.15, -0.1) is 0 Å². The Morgan fingerprint density at radius 2 is 2.06 bits per heavy atom. The summed E-state index contributed by atoms with van der Waals surface area (Å²) in [7, 11) is 1.62. The number of benzene rings is 1. The second kappa shape index (κ2) is 12.0. The van der Waals surface area contributed by atoms with Crippen LogP contribution < -0.4 is 10.6 Å². The Balaban J connectivity index is 1.49. The number of hydrogen-bond donors (Lipinski definition) is 2. The summed E-state index contributed by atoms with van der Waals surface area (Å²) in [6, 6.07) is 10.0. The van der Waals surface area contributed by atoms with E-state index in [-0.39, 0.29) is 30.7 Å². The molecule has 2 aliphatic heterocycles. The minimum absolute atomic E-state index is 0.100. The van der Waals surface area contributed by atoms with E-state index in [9.17, 15) is 14.4 Å². The molecule has 0 radical (unpaired) electrons. The molecule has 2 aromatic rings. The molecule has 0 unspecified atom stereocenters. The molecule has 0 fully saturated rings. The number of fused-ring (bicyclic) bond motifs is 3. The molecular weight excluding hydrogens is 482 g/mol. The van der Waals surface area contributed by atoms with Crippen molar-refractivity contribution in [2.45, 2.75) is 44.0 Å². The minimum atomic E-state index is -0.878. The summed E-state index contributed by atoms with van der Waals surface area (Å²) in [5, 5.41) is 5.62. The highest BCUT2D eigenvalue weighted by atomic mass is 32.2. The zero-order valence-corrected chi connectivity index (χ0v) is 21.0. The number of hydrogen-bond acceptors (Lipinski definition) is 8. The Kier molecular flexibility index (Phi) is 8.55. The predicted octanol–water partition coefficient (Wildman–Crippen LogP) is 2.61. The summed E-state index contributed by atoms with van der Waals surface area (Å²) in [4.78, 5) is 49.5. The molecule has 0 saturated carbocycles. The SMILES string of the molecule is CC[C@@H](SC1=Nc2ccccc2C2=N[C@@H](CC(=O)NCc3ccco3)C(=O)N12)C(=O)NCCCOC. The number of para-hydroxylation sites is 1. The third kappa shape index (κ3) is 5.85. The van der Waals surface area contributed by atoms with Crippen LogP contribution >= 0.6 is 11.8 Å². The van der Waals surface area contributed by atoms with Gasteiger partial charge in [-0.25, -0.2) is 9.89 Å². The van der Waals surface area contributed by atoms with Crippen molar-refractivity contribution >= 4 is 46.2 Å². The largest absolute Gasteiger partial charge is 0.467 e. The van der Waals surface area contributed by atoms with Gasteiger partial charge in [0, 0.05) is 25.8 Å². The van der Waals surface area contributed by atoms with Crippen molar-refractivity contribution in [2.75, 3.05) is 20.3 Å². The van der Waals surface area contributed by atoms with Gasteiger partial charge in [0.1, 0.15) is 17.6 Å². The van der Waals surface area contributed by atoms with E-state index >= 15 is 0 Å². The molecule has 11 heteroatoms. The van der Waals surface area contributed by atoms with E-state index in [1.54, 1.807) is 19.2 Å². The van der Waals surface area contributed by atoms with Gasteiger partial charge in [-0.3, -0.25) is 19.4 Å². The van der Waals surface area contributed by atoms with Crippen molar-refractivity contribution in [3.63, 3.8) is 0 Å². The molecule has 3 amide bonds. The standard InChI is InChI=1S/C25H29N5O5S/c1-3-20(23(32)26-11-7-12-34-2)36-25-29-18-10-5-4-9-17(18)22-28-19(24(33)30(22)25)14-21(31)27-15-16-8-6-13-35-16/h4-6,8-10,13,19-20H,3,7,11-12,14-15H2,1-2H3,(H,26,32)(H,27,31)/t19-,20+/m0/s1. The number of nitrogens with one attached hydrogen (secondary N) is 2. The maximum absolute atomic E-state index is 13.4. The number of furan rings is 1. The number of rotatable bonds is 11. The first-order valence-electron chi connectivity index (χ1n) is 11.8. The Morgan fingerprint density at radius 3 is 2.81 bits per heavy atom. The van der Waals surface area contributed by atoms with Crippen molar-refractivity contribution in [3.8, 4) is 0 Å². The second-order valence-corrected chi connectivity index (χ2v) is 9.44. The first kappa shape index (κ1) is 25.6. The molecule has 1 aromatic heterocycles. The number of ether oxygens (including phenoxy) is 1. The van der Waals surface area contributed by atoms with Crippen LogP contribution in [0.5, 0.6) is 0 Å². The van der Waals surface area contributed by atoms with Gasteiger partial charge in [0.25, 0.3) is 5.91 Å². The van der Waals surface area contributed by atoms with Gasteiger partial charge >= 0.3 is 0 Å². The number of carbonyl (C=O) groups is 3. The summed E-state index contributed by atoms with van der Waals surface area (Å²) in [6.45, 7) is 3.21. The molecule has 2 N–H and O–H groups in total. The molecule has 4 rings (SSSR count). The third-order valence-corrected chi connectivity index (χ3v) is 7.02. The zero-order valence-electron chi connectivity index (χ0n) is 20.2. The molecule has 0 bridgehead atoms. The van der Waals surface area contributed by atoms with Gasteiger partial charge in [0.15, 0.2) is 5.17 Å². The zero-order chi connectivity index (χ0) is 25.5. The molecule has 2 atom stereocenters. The molecule has 2 aliphatic rings. The number of methoxy groups -OCH3 is 1. The number of thioether (sulfide) groups is 1. The average molecular weight is 512 g/mol. The lowest BCUT2D eigenvalue weighted by atomic mass is 10.1. The summed E-state index contributed by atoms with van der Waals surface area (Å²) < 4.78 is 10.3. The monoisotopic (exact) mass is 511 g/mol. The number of aliphatic imine (C=N–C) groups is 2. The van der Waals surface area contributed by atoms with E-state index < -0.39 is 11.3 Å². The summed E-state index contributed by atoms with van der Waals surface area (Å²) in [5.74, 6) is 0.298. The van der Waals surface area contributed by atoms with E-state index in [0.717, 1.165) is 0 Å². The number of amides is 3. The third-order valence-electron chi connectivity index (χ3n) is 5.70. The molecule has 0 spiro atoms. The maximum atomic E-state index is 13.4. The topological polar surface area (TPSA) is 126 Å². The second-order valence-electron chi connectivity index (χ2n) is 8.27. The lowest BCUT2D eigenvalue weighted by Crippen LogP contribution is -2.44. The van der Waals surface area contributed by atoms with Crippen molar-refractivity contribution < 1.29 is 23.5 Å². The number of carbonyl (C=O) groups excluding carboxylic acids is 3. The highest BCUT2D eigenvalue weighted by molar-refractivity contribution is 8.15. The summed E-state index contributed by atoms with van der Waals surface area (Å²) in [6.07, 6.45) is 2.69. The number of amidine groups is 2. The van der Waals surface area contributed by atoms with Crippen LogP contribution in [0.3, 0.4) is 0 Å². The molecule has 0 saturated heterocycles. The Hall–Kier alpha value is -3.44. The van der Waals surface area contributed by atoms with Crippen LogP contribution in [0, 0.1) is 0 Å². The van der Waals surface area contributed by atoms with E-state index in [1.165, 1.54) is 22.9 Å². The molecule has 190 valence electrons. The van der Waals surface area contributed by atoms with Gasteiger partial charge in [0.05, 0.1) is 30.2 Å². The fraction of sp³-hybridized carbons (Fsp3) is 0.400. The van der Waals surface area contributed by atoms with Crippen molar-refractivity contribution in [2.24, 2.45) is 9.98 Å². The smallest absolute Gasteiger partial charge is 0.259 e. The van der Waals surface area contributed by atoms with E-state index in [0.29, 0.717) is 54.0 Å². The fourth-order valence-corrected chi connectivity index (χ4v) is 4.90. The van der Waals surface area contributed by atoms with Gasteiger partial charge in [-0.05, 0) is 37.1 Å². The highest BCUT2D eigenvalue weighted by Crippen LogP contribution is 2.35. The van der Waals surface area contributed by atoms with Crippen LogP contribution in [0.25, 0.3) is 0 Å². The first-order valence-corrected chi connectivity index (χ1v) is 12.7. The Bertz CT molecular complexity index is 1160. The first-order chi connectivity index (χ1) is 17.5.